The normalized spacial score (nSPS) is 24.9. The fourth-order valence-electron chi connectivity index (χ4n) is 4.26. The summed E-state index contributed by atoms with van der Waals surface area (Å²) < 4.78 is 0. The van der Waals surface area contributed by atoms with Crippen LogP contribution in [0.4, 0.5) is 10.5 Å². The van der Waals surface area contributed by atoms with E-state index in [1.807, 2.05) is 4.90 Å². The van der Waals surface area contributed by atoms with Crippen LogP contribution in [0.15, 0.2) is 24.3 Å². The summed E-state index contributed by atoms with van der Waals surface area (Å²) >= 11 is 0. The van der Waals surface area contributed by atoms with Crippen molar-refractivity contribution in [3.63, 3.8) is 0 Å². The number of likely N-dealkylation sites (tertiary alicyclic amines) is 1. The van der Waals surface area contributed by atoms with Crippen LogP contribution in [0.5, 0.6) is 0 Å². The Morgan fingerprint density at radius 2 is 1.93 bits per heavy atom. The molecule has 0 unspecified atom stereocenters. The Morgan fingerprint density at radius 1 is 1.11 bits per heavy atom. The molecule has 2 heterocycles. The molecule has 27 heavy (non-hydrogen) atoms. The van der Waals surface area contributed by atoms with Crippen molar-refractivity contribution in [2.45, 2.75) is 44.1 Å². The van der Waals surface area contributed by atoms with Gasteiger partial charge < -0.3 is 20.4 Å². The van der Waals surface area contributed by atoms with E-state index in [0.29, 0.717) is 25.0 Å². The van der Waals surface area contributed by atoms with Crippen molar-refractivity contribution in [1.29, 1.82) is 0 Å². The first-order valence-corrected chi connectivity index (χ1v) is 10.2. The van der Waals surface area contributed by atoms with Gasteiger partial charge in [0.15, 0.2) is 0 Å². The monoisotopic (exact) mass is 370 g/mol. The third-order valence-electron chi connectivity index (χ3n) is 6.10. The lowest BCUT2D eigenvalue weighted by Gasteiger charge is -2.35. The highest BCUT2D eigenvalue weighted by molar-refractivity contribution is 5.81. The van der Waals surface area contributed by atoms with Gasteiger partial charge in [0.1, 0.15) is 0 Å². The molecular formula is C21H30N4O2. The Labute approximate surface area is 161 Å². The Hall–Kier alpha value is -2.24. The van der Waals surface area contributed by atoms with Crippen molar-refractivity contribution in [2.75, 3.05) is 38.1 Å². The van der Waals surface area contributed by atoms with Crippen LogP contribution in [0.3, 0.4) is 0 Å². The molecule has 2 aliphatic heterocycles. The van der Waals surface area contributed by atoms with Crippen LogP contribution in [0.1, 0.15) is 43.6 Å². The van der Waals surface area contributed by atoms with Gasteiger partial charge in [-0.15, -0.1) is 0 Å². The molecule has 1 saturated carbocycles. The van der Waals surface area contributed by atoms with Crippen LogP contribution >= 0.6 is 0 Å². The van der Waals surface area contributed by atoms with E-state index in [9.17, 15) is 9.59 Å². The fraction of sp³-hybridized carbons (Fsp3) is 0.619. The van der Waals surface area contributed by atoms with Gasteiger partial charge in [-0.1, -0.05) is 18.2 Å². The summed E-state index contributed by atoms with van der Waals surface area (Å²) in [6, 6.07) is 8.80. The summed E-state index contributed by atoms with van der Waals surface area (Å²) in [5, 5.41) is 6.21. The maximum atomic E-state index is 12.7. The van der Waals surface area contributed by atoms with Gasteiger partial charge >= 0.3 is 6.03 Å². The van der Waals surface area contributed by atoms with Crippen LogP contribution in [0.25, 0.3) is 0 Å². The van der Waals surface area contributed by atoms with Gasteiger partial charge in [0.25, 0.3) is 0 Å². The highest BCUT2D eigenvalue weighted by atomic mass is 16.2. The van der Waals surface area contributed by atoms with Crippen molar-refractivity contribution < 1.29 is 9.59 Å². The van der Waals surface area contributed by atoms with Gasteiger partial charge in [0.05, 0.1) is 5.92 Å². The van der Waals surface area contributed by atoms with E-state index in [1.54, 1.807) is 0 Å². The van der Waals surface area contributed by atoms with Gasteiger partial charge in [-0.25, -0.2) is 4.79 Å². The molecule has 146 valence electrons. The third kappa shape index (κ3) is 4.20. The van der Waals surface area contributed by atoms with Gasteiger partial charge in [0.2, 0.25) is 5.91 Å². The topological polar surface area (TPSA) is 64.7 Å². The van der Waals surface area contributed by atoms with Crippen LogP contribution < -0.4 is 15.5 Å². The van der Waals surface area contributed by atoms with Crippen LogP contribution in [-0.2, 0) is 4.79 Å². The molecule has 3 aliphatic rings. The van der Waals surface area contributed by atoms with Gasteiger partial charge in [0, 0.05) is 50.9 Å². The second-order valence-electron chi connectivity index (χ2n) is 8.22. The molecule has 1 aliphatic carbocycles. The quantitative estimate of drug-likeness (QED) is 0.855. The number of anilines is 1. The molecule has 0 spiro atoms. The number of hydrogen-bond donors (Lipinski definition) is 2. The number of benzene rings is 1. The minimum atomic E-state index is -0.0610. The molecule has 2 fully saturated rings. The maximum absolute atomic E-state index is 12.7. The number of amides is 3. The lowest BCUT2D eigenvalue weighted by atomic mass is 9.90. The van der Waals surface area contributed by atoms with Gasteiger partial charge in [-0.3, -0.25) is 4.79 Å². The van der Waals surface area contributed by atoms with Crippen LogP contribution in [0.2, 0.25) is 0 Å². The van der Waals surface area contributed by atoms with Crippen molar-refractivity contribution in [3.8, 4) is 0 Å². The number of nitrogens with one attached hydrogen (secondary N) is 2. The Kier molecular flexibility index (Phi) is 5.23. The number of nitrogens with zero attached hydrogens (tertiary/aromatic N) is 2. The zero-order valence-corrected chi connectivity index (χ0v) is 16.1. The van der Waals surface area contributed by atoms with Gasteiger partial charge in [-0.2, -0.15) is 0 Å². The molecule has 2 N–H and O–H groups in total. The zero-order chi connectivity index (χ0) is 18.8. The van der Waals surface area contributed by atoms with Crippen LogP contribution in [0, 0.1) is 5.92 Å². The average Bonchev–Trinajstić information content (AvgIpc) is 3.51. The molecule has 1 aromatic carbocycles. The van der Waals surface area contributed by atoms with E-state index in [2.05, 4.69) is 46.8 Å². The number of rotatable bonds is 4. The first kappa shape index (κ1) is 18.1. The SMILES string of the molecule is CN1CC[C@H](CNC(=O)N2CCC[C@@H](C(=O)NC3CC3)C2)c2ccccc21. The zero-order valence-electron chi connectivity index (χ0n) is 16.1. The molecule has 2 atom stereocenters. The summed E-state index contributed by atoms with van der Waals surface area (Å²) in [5.41, 5.74) is 2.57. The number of hydrogen-bond acceptors (Lipinski definition) is 3. The highest BCUT2D eigenvalue weighted by Crippen LogP contribution is 2.33. The first-order valence-electron chi connectivity index (χ1n) is 10.2. The average molecular weight is 370 g/mol. The number of carbonyl (C=O) groups excluding carboxylic acids is 2. The van der Waals surface area contributed by atoms with E-state index in [0.717, 1.165) is 45.2 Å². The largest absolute Gasteiger partial charge is 0.374 e. The minimum absolute atomic E-state index is 0.0321. The molecule has 6 heteroatoms. The number of fused-ring (bicyclic) bond motifs is 1. The van der Waals surface area contributed by atoms with E-state index in [1.165, 1.54) is 11.3 Å². The van der Waals surface area contributed by atoms with Crippen molar-refractivity contribution in [1.82, 2.24) is 15.5 Å². The smallest absolute Gasteiger partial charge is 0.317 e. The summed E-state index contributed by atoms with van der Waals surface area (Å²) in [6.45, 7) is 2.93. The van der Waals surface area contributed by atoms with Crippen molar-refractivity contribution in [2.24, 2.45) is 5.92 Å². The Morgan fingerprint density at radius 3 is 2.74 bits per heavy atom. The molecular weight excluding hydrogens is 340 g/mol. The second-order valence-corrected chi connectivity index (χ2v) is 8.22. The minimum Gasteiger partial charge on any atom is -0.374 e. The summed E-state index contributed by atoms with van der Waals surface area (Å²) in [6.07, 6.45) is 5.01. The number of piperidine rings is 1. The fourth-order valence-corrected chi connectivity index (χ4v) is 4.26. The predicted octanol–water partition coefficient (Wildman–Crippen LogP) is 2.31. The highest BCUT2D eigenvalue weighted by Gasteiger charge is 2.32. The number of para-hydroxylation sites is 1. The summed E-state index contributed by atoms with van der Waals surface area (Å²) in [7, 11) is 2.12. The lowest BCUT2D eigenvalue weighted by Crippen LogP contribution is -2.50. The van der Waals surface area contributed by atoms with Crippen molar-refractivity contribution >= 4 is 17.6 Å². The molecule has 1 saturated heterocycles. The van der Waals surface area contributed by atoms with Gasteiger partial charge in [-0.05, 0) is 43.7 Å². The van der Waals surface area contributed by atoms with E-state index in [4.69, 9.17) is 0 Å². The molecule has 0 bridgehead atoms. The van der Waals surface area contributed by atoms with E-state index in [-0.39, 0.29) is 17.9 Å². The third-order valence-corrected chi connectivity index (χ3v) is 6.10. The number of urea groups is 1. The Balaban J connectivity index is 1.31. The van der Waals surface area contributed by atoms with E-state index >= 15 is 0 Å². The molecule has 0 aromatic heterocycles. The second kappa shape index (κ2) is 7.79. The molecule has 3 amide bonds. The maximum Gasteiger partial charge on any atom is 0.317 e. The molecule has 1 aromatic rings. The van der Waals surface area contributed by atoms with Crippen LogP contribution in [-0.4, -0.2) is 56.1 Å². The molecule has 4 rings (SSSR count). The predicted molar refractivity (Wildman–Crippen MR) is 106 cm³/mol. The summed E-state index contributed by atoms with van der Waals surface area (Å²) in [5.74, 6) is 0.411. The Bertz CT molecular complexity index is 703. The molecule has 0 radical (unpaired) electrons. The first-order chi connectivity index (χ1) is 13.1. The standard InChI is InChI=1S/C21H30N4O2/c1-24-12-10-15(18-6-2-3-7-19(18)24)13-22-21(27)25-11-4-5-16(14-25)20(26)23-17-8-9-17/h2-3,6-7,15-17H,4-5,8-14H2,1H3,(H,22,27)(H,23,26)/t15-,16-/m1/s1. The van der Waals surface area contributed by atoms with E-state index < -0.39 is 0 Å². The van der Waals surface area contributed by atoms with Crippen molar-refractivity contribution in [3.05, 3.63) is 29.8 Å². The summed E-state index contributed by atoms with van der Waals surface area (Å²) in [4.78, 5) is 29.1. The number of carbonyl (C=O) groups is 2. The lowest BCUT2D eigenvalue weighted by molar-refractivity contribution is -0.126. The molecule has 6 nitrogen and oxygen atoms in total.